The van der Waals surface area contributed by atoms with Crippen LogP contribution in [0, 0.1) is 0 Å². The van der Waals surface area contributed by atoms with E-state index < -0.39 is 0 Å². The predicted molar refractivity (Wildman–Crippen MR) is 63.1 cm³/mol. The molecule has 0 atom stereocenters. The van der Waals surface area contributed by atoms with Gasteiger partial charge in [-0.05, 0) is 19.1 Å². The zero-order valence-electron chi connectivity index (χ0n) is 9.75. The van der Waals surface area contributed by atoms with Gasteiger partial charge in [0.05, 0.1) is 6.61 Å². The summed E-state index contributed by atoms with van der Waals surface area (Å²) in [6, 6.07) is 5.60. The number of hydrogen-bond acceptors (Lipinski definition) is 5. The minimum Gasteiger partial charge on any atom is -0.492 e. The first-order chi connectivity index (χ1) is 8.20. The molecule has 6 heteroatoms. The van der Waals surface area contributed by atoms with Crippen molar-refractivity contribution in [3.05, 3.63) is 24.5 Å². The van der Waals surface area contributed by atoms with E-state index in [0.29, 0.717) is 23.8 Å². The third-order valence-corrected chi connectivity index (χ3v) is 2.11. The van der Waals surface area contributed by atoms with E-state index >= 15 is 0 Å². The van der Waals surface area contributed by atoms with Crippen molar-refractivity contribution in [2.75, 3.05) is 12.3 Å². The molecule has 0 aliphatic rings. The summed E-state index contributed by atoms with van der Waals surface area (Å²) in [5.41, 5.74) is 6.36. The van der Waals surface area contributed by atoms with E-state index in [-0.39, 0.29) is 6.01 Å². The van der Waals surface area contributed by atoms with Crippen LogP contribution in [-0.4, -0.2) is 21.4 Å². The number of para-hydroxylation sites is 1. The summed E-state index contributed by atoms with van der Waals surface area (Å²) in [4.78, 5) is 3.96. The molecule has 1 heterocycles. The molecule has 1 aromatic heterocycles. The number of aryl methyl sites for hydroxylation is 1. The van der Waals surface area contributed by atoms with Crippen molar-refractivity contribution in [2.45, 2.75) is 6.92 Å². The van der Waals surface area contributed by atoms with Crippen molar-refractivity contribution in [3.63, 3.8) is 0 Å². The maximum Gasteiger partial charge on any atom is 0.341 e. The zero-order valence-corrected chi connectivity index (χ0v) is 9.75. The number of anilines is 1. The normalized spacial score (nSPS) is 10.2. The molecule has 0 fully saturated rings. The van der Waals surface area contributed by atoms with Crippen LogP contribution in [-0.2, 0) is 7.05 Å². The highest BCUT2D eigenvalue weighted by Gasteiger charge is 2.09. The minimum absolute atomic E-state index is 0.257. The Balaban J connectivity index is 2.23. The molecule has 0 aliphatic carbocycles. The van der Waals surface area contributed by atoms with E-state index in [1.54, 1.807) is 36.3 Å². The third-order valence-electron chi connectivity index (χ3n) is 2.11. The van der Waals surface area contributed by atoms with Gasteiger partial charge in [-0.2, -0.15) is 4.98 Å². The van der Waals surface area contributed by atoms with Crippen molar-refractivity contribution < 1.29 is 9.47 Å². The number of nitrogen functional groups attached to an aromatic ring is 1. The Morgan fingerprint density at radius 2 is 2.12 bits per heavy atom. The lowest BCUT2D eigenvalue weighted by atomic mass is 10.3. The summed E-state index contributed by atoms with van der Waals surface area (Å²) in [5.74, 6) is 1.09. The minimum atomic E-state index is 0.257. The van der Waals surface area contributed by atoms with Gasteiger partial charge < -0.3 is 15.2 Å². The Labute approximate surface area is 99.0 Å². The second kappa shape index (κ2) is 4.73. The van der Waals surface area contributed by atoms with Gasteiger partial charge in [0, 0.05) is 7.05 Å². The van der Waals surface area contributed by atoms with E-state index in [9.17, 15) is 0 Å². The van der Waals surface area contributed by atoms with Crippen molar-refractivity contribution >= 4 is 5.69 Å². The summed E-state index contributed by atoms with van der Waals surface area (Å²) < 4.78 is 12.4. The van der Waals surface area contributed by atoms with Gasteiger partial charge >= 0.3 is 6.01 Å². The highest BCUT2D eigenvalue weighted by atomic mass is 16.5. The molecule has 6 nitrogen and oxygen atoms in total. The lowest BCUT2D eigenvalue weighted by Gasteiger charge is -2.10. The van der Waals surface area contributed by atoms with Gasteiger partial charge in [-0.25, -0.2) is 0 Å². The van der Waals surface area contributed by atoms with Crippen LogP contribution in [0.2, 0.25) is 0 Å². The topological polar surface area (TPSA) is 75.2 Å². The molecule has 0 amide bonds. The van der Waals surface area contributed by atoms with E-state index in [1.807, 2.05) is 6.92 Å². The van der Waals surface area contributed by atoms with Gasteiger partial charge in [0.2, 0.25) is 0 Å². The van der Waals surface area contributed by atoms with Crippen molar-refractivity contribution in [3.8, 4) is 17.5 Å². The highest BCUT2D eigenvalue weighted by molar-refractivity contribution is 5.63. The van der Waals surface area contributed by atoms with E-state index in [4.69, 9.17) is 15.2 Å². The monoisotopic (exact) mass is 234 g/mol. The number of nitrogens with zero attached hydrogens (tertiary/aromatic N) is 3. The molecule has 0 aliphatic heterocycles. The van der Waals surface area contributed by atoms with Crippen molar-refractivity contribution in [1.29, 1.82) is 0 Å². The standard InChI is InChI=1S/C11H14N4O2/c1-3-16-8-5-4-6-9(10(8)12)17-11-13-7-15(2)14-11/h4-7H,3,12H2,1-2H3. The van der Waals surface area contributed by atoms with Gasteiger partial charge in [-0.15, -0.1) is 5.10 Å². The van der Waals surface area contributed by atoms with Crippen LogP contribution < -0.4 is 15.2 Å². The SMILES string of the molecule is CCOc1cccc(Oc2ncn(C)n2)c1N. The summed E-state index contributed by atoms with van der Waals surface area (Å²) in [5, 5.41) is 4.01. The van der Waals surface area contributed by atoms with Crippen LogP contribution in [0.25, 0.3) is 0 Å². The molecule has 90 valence electrons. The Hall–Kier alpha value is -2.24. The Kier molecular flexibility index (Phi) is 3.13. The molecule has 0 radical (unpaired) electrons. The number of ether oxygens (including phenoxy) is 2. The van der Waals surface area contributed by atoms with Crippen LogP contribution >= 0.6 is 0 Å². The van der Waals surface area contributed by atoms with Crippen LogP contribution in [0.4, 0.5) is 5.69 Å². The Morgan fingerprint density at radius 3 is 2.76 bits per heavy atom. The molecule has 2 N–H and O–H groups in total. The predicted octanol–water partition coefficient (Wildman–Crippen LogP) is 1.59. The average Bonchev–Trinajstić information content (AvgIpc) is 2.70. The van der Waals surface area contributed by atoms with Crippen molar-refractivity contribution in [1.82, 2.24) is 14.8 Å². The fourth-order valence-electron chi connectivity index (χ4n) is 1.36. The highest BCUT2D eigenvalue weighted by Crippen LogP contribution is 2.33. The van der Waals surface area contributed by atoms with E-state index in [2.05, 4.69) is 10.1 Å². The quantitative estimate of drug-likeness (QED) is 0.813. The first-order valence-electron chi connectivity index (χ1n) is 5.25. The summed E-state index contributed by atoms with van der Waals surface area (Å²) >= 11 is 0. The van der Waals surface area contributed by atoms with Gasteiger partial charge in [0.25, 0.3) is 0 Å². The lowest BCUT2D eigenvalue weighted by molar-refractivity contribution is 0.340. The van der Waals surface area contributed by atoms with Gasteiger partial charge in [-0.3, -0.25) is 4.68 Å². The van der Waals surface area contributed by atoms with Gasteiger partial charge in [-0.1, -0.05) is 6.07 Å². The van der Waals surface area contributed by atoms with Crippen LogP contribution in [0.15, 0.2) is 24.5 Å². The third kappa shape index (κ3) is 2.47. The van der Waals surface area contributed by atoms with Crippen LogP contribution in [0.5, 0.6) is 17.5 Å². The van der Waals surface area contributed by atoms with Gasteiger partial charge in [0.15, 0.2) is 5.75 Å². The van der Waals surface area contributed by atoms with E-state index in [0.717, 1.165) is 0 Å². The second-order valence-electron chi connectivity index (χ2n) is 3.40. The Morgan fingerprint density at radius 1 is 1.35 bits per heavy atom. The summed E-state index contributed by atoms with van der Waals surface area (Å²) in [6.45, 7) is 2.45. The molecule has 0 bridgehead atoms. The fourth-order valence-corrected chi connectivity index (χ4v) is 1.36. The maximum absolute atomic E-state index is 5.91. The number of nitrogens with two attached hydrogens (primary N) is 1. The zero-order chi connectivity index (χ0) is 12.3. The average molecular weight is 234 g/mol. The summed E-state index contributed by atoms with van der Waals surface area (Å²) in [7, 11) is 1.76. The molecular weight excluding hydrogens is 220 g/mol. The molecular formula is C11H14N4O2. The van der Waals surface area contributed by atoms with Gasteiger partial charge in [0.1, 0.15) is 17.8 Å². The molecule has 1 aromatic carbocycles. The molecule has 2 aromatic rings. The number of aromatic nitrogens is 3. The first-order valence-corrected chi connectivity index (χ1v) is 5.25. The number of hydrogen-bond donors (Lipinski definition) is 1. The summed E-state index contributed by atoms with van der Waals surface area (Å²) in [6.07, 6.45) is 1.55. The maximum atomic E-state index is 5.91. The fraction of sp³-hybridized carbons (Fsp3) is 0.273. The molecule has 0 unspecified atom stereocenters. The van der Waals surface area contributed by atoms with E-state index in [1.165, 1.54) is 0 Å². The Bertz CT molecular complexity index is 510. The first kappa shape index (κ1) is 11.3. The second-order valence-corrected chi connectivity index (χ2v) is 3.40. The number of rotatable bonds is 4. The molecule has 0 saturated heterocycles. The smallest absolute Gasteiger partial charge is 0.341 e. The van der Waals surface area contributed by atoms with Crippen LogP contribution in [0.3, 0.4) is 0 Å². The van der Waals surface area contributed by atoms with Crippen molar-refractivity contribution in [2.24, 2.45) is 7.05 Å². The number of benzene rings is 1. The molecule has 0 spiro atoms. The van der Waals surface area contributed by atoms with Crippen LogP contribution in [0.1, 0.15) is 6.92 Å². The molecule has 2 rings (SSSR count). The molecule has 17 heavy (non-hydrogen) atoms. The largest absolute Gasteiger partial charge is 0.492 e. The molecule has 0 saturated carbocycles. The lowest BCUT2D eigenvalue weighted by Crippen LogP contribution is -1.99.